The number of hydrogen-bond donors (Lipinski definition) is 1. The van der Waals surface area contributed by atoms with E-state index in [-0.39, 0.29) is 0 Å². The van der Waals surface area contributed by atoms with Crippen molar-refractivity contribution in [3.63, 3.8) is 0 Å². The quantitative estimate of drug-likeness (QED) is 0.697. The third kappa shape index (κ3) is 6.73. The minimum Gasteiger partial charge on any atom is -0.381 e. The van der Waals surface area contributed by atoms with E-state index < -0.39 is 0 Å². The van der Waals surface area contributed by atoms with Crippen LogP contribution in [0.5, 0.6) is 0 Å². The molecular formula is C16H34N2O. The molecule has 0 bridgehead atoms. The molecule has 0 aliphatic carbocycles. The van der Waals surface area contributed by atoms with Crippen LogP contribution in [-0.2, 0) is 4.74 Å². The third-order valence-electron chi connectivity index (χ3n) is 3.70. The summed E-state index contributed by atoms with van der Waals surface area (Å²) < 4.78 is 5.57. The molecule has 0 aromatic carbocycles. The predicted molar refractivity (Wildman–Crippen MR) is 82.5 cm³/mol. The molecule has 1 heterocycles. The van der Waals surface area contributed by atoms with Gasteiger partial charge in [-0.25, -0.2) is 0 Å². The summed E-state index contributed by atoms with van der Waals surface area (Å²) in [4.78, 5) is 2.64. The van der Waals surface area contributed by atoms with Crippen LogP contribution in [0.4, 0.5) is 0 Å². The van der Waals surface area contributed by atoms with E-state index in [4.69, 9.17) is 4.74 Å². The Hall–Kier alpha value is -0.120. The van der Waals surface area contributed by atoms with E-state index in [0.717, 1.165) is 38.1 Å². The van der Waals surface area contributed by atoms with Crippen LogP contribution in [0.3, 0.4) is 0 Å². The fourth-order valence-corrected chi connectivity index (χ4v) is 3.05. The second kappa shape index (κ2) is 8.93. The summed E-state index contributed by atoms with van der Waals surface area (Å²) in [5, 5.41) is 3.68. The van der Waals surface area contributed by atoms with Gasteiger partial charge in [-0.05, 0) is 24.8 Å². The van der Waals surface area contributed by atoms with E-state index >= 15 is 0 Å². The number of nitrogens with zero attached hydrogens (tertiary/aromatic N) is 1. The van der Waals surface area contributed by atoms with Gasteiger partial charge in [0.05, 0.1) is 6.61 Å². The number of ether oxygens (including phenoxy) is 1. The van der Waals surface area contributed by atoms with E-state index in [1.165, 1.54) is 19.5 Å². The lowest BCUT2D eigenvalue weighted by molar-refractivity contribution is 0.150. The lowest BCUT2D eigenvalue weighted by atomic mass is 9.97. The molecule has 0 saturated carbocycles. The molecule has 3 heteroatoms. The Balaban J connectivity index is 2.54. The van der Waals surface area contributed by atoms with E-state index in [1.807, 2.05) is 0 Å². The number of nitrogens with one attached hydrogen (secondary N) is 1. The molecule has 1 fully saturated rings. The maximum absolute atomic E-state index is 5.57. The van der Waals surface area contributed by atoms with Gasteiger partial charge in [-0.1, -0.05) is 34.6 Å². The van der Waals surface area contributed by atoms with Gasteiger partial charge in [0.1, 0.15) is 0 Å². The molecule has 19 heavy (non-hydrogen) atoms. The van der Waals surface area contributed by atoms with Crippen molar-refractivity contribution in [2.75, 3.05) is 39.4 Å². The molecule has 1 saturated heterocycles. The Bertz CT molecular complexity index is 215. The molecule has 1 N–H and O–H groups in total. The van der Waals surface area contributed by atoms with Gasteiger partial charge < -0.3 is 15.0 Å². The van der Waals surface area contributed by atoms with Gasteiger partial charge in [-0.15, -0.1) is 0 Å². The molecule has 0 spiro atoms. The summed E-state index contributed by atoms with van der Waals surface area (Å²) >= 11 is 0. The van der Waals surface area contributed by atoms with Crippen molar-refractivity contribution in [1.29, 1.82) is 0 Å². The summed E-state index contributed by atoms with van der Waals surface area (Å²) in [5.74, 6) is 2.17. The maximum atomic E-state index is 5.57. The second-order valence-electron chi connectivity index (χ2n) is 6.79. The van der Waals surface area contributed by atoms with Crippen LogP contribution in [0.1, 0.15) is 41.0 Å². The highest BCUT2D eigenvalue weighted by molar-refractivity contribution is 4.82. The van der Waals surface area contributed by atoms with Gasteiger partial charge in [-0.2, -0.15) is 0 Å². The van der Waals surface area contributed by atoms with Gasteiger partial charge in [0.15, 0.2) is 0 Å². The second-order valence-corrected chi connectivity index (χ2v) is 6.79. The largest absolute Gasteiger partial charge is 0.381 e. The molecule has 1 rings (SSSR count). The molecule has 114 valence electrons. The van der Waals surface area contributed by atoms with Crippen molar-refractivity contribution in [2.24, 2.45) is 17.8 Å². The first-order valence-electron chi connectivity index (χ1n) is 8.06. The SMILES string of the molecule is CCNC(CN(CC(C)C)CC(C)C)C1CCOC1. The van der Waals surface area contributed by atoms with Crippen molar-refractivity contribution < 1.29 is 4.74 Å². The molecule has 0 aromatic rings. The molecule has 2 atom stereocenters. The minimum atomic E-state index is 0.588. The zero-order valence-corrected chi connectivity index (χ0v) is 13.6. The van der Waals surface area contributed by atoms with Crippen LogP contribution >= 0.6 is 0 Å². The van der Waals surface area contributed by atoms with Crippen molar-refractivity contribution in [2.45, 2.75) is 47.1 Å². The molecule has 0 amide bonds. The summed E-state index contributed by atoms with van der Waals surface area (Å²) in [5.41, 5.74) is 0. The topological polar surface area (TPSA) is 24.5 Å². The standard InChI is InChI=1S/C16H34N2O/c1-6-17-16(15-7-8-19-12-15)11-18(9-13(2)3)10-14(4)5/h13-17H,6-12H2,1-5H3. The Morgan fingerprint density at radius 3 is 2.16 bits per heavy atom. The lowest BCUT2D eigenvalue weighted by Gasteiger charge is -2.33. The van der Waals surface area contributed by atoms with Crippen molar-refractivity contribution in [1.82, 2.24) is 10.2 Å². The summed E-state index contributed by atoms with van der Waals surface area (Å²) in [6, 6.07) is 0.588. The first-order valence-corrected chi connectivity index (χ1v) is 8.06. The van der Waals surface area contributed by atoms with E-state index in [9.17, 15) is 0 Å². The monoisotopic (exact) mass is 270 g/mol. The molecule has 3 nitrogen and oxygen atoms in total. The normalized spacial score (nSPS) is 21.8. The average molecular weight is 270 g/mol. The van der Waals surface area contributed by atoms with Crippen LogP contribution in [0, 0.1) is 17.8 Å². The van der Waals surface area contributed by atoms with E-state index in [2.05, 4.69) is 44.8 Å². The average Bonchev–Trinajstić information content (AvgIpc) is 2.79. The van der Waals surface area contributed by atoms with Crippen molar-refractivity contribution in [3.05, 3.63) is 0 Å². The summed E-state index contributed by atoms with van der Waals surface area (Å²) in [6.45, 7) is 18.0. The smallest absolute Gasteiger partial charge is 0.0510 e. The summed E-state index contributed by atoms with van der Waals surface area (Å²) in [7, 11) is 0. The lowest BCUT2D eigenvalue weighted by Crippen LogP contribution is -2.47. The van der Waals surface area contributed by atoms with Gasteiger partial charge in [0.2, 0.25) is 0 Å². The van der Waals surface area contributed by atoms with Gasteiger partial charge in [-0.3, -0.25) is 0 Å². The number of rotatable bonds is 9. The van der Waals surface area contributed by atoms with E-state index in [0.29, 0.717) is 12.0 Å². The van der Waals surface area contributed by atoms with Gasteiger partial charge >= 0.3 is 0 Å². The first-order chi connectivity index (χ1) is 9.02. The molecule has 1 aliphatic heterocycles. The van der Waals surface area contributed by atoms with Crippen molar-refractivity contribution in [3.8, 4) is 0 Å². The van der Waals surface area contributed by atoms with Crippen molar-refractivity contribution >= 4 is 0 Å². The highest BCUT2D eigenvalue weighted by Crippen LogP contribution is 2.18. The molecule has 2 unspecified atom stereocenters. The molecular weight excluding hydrogens is 236 g/mol. The van der Waals surface area contributed by atoms with Crippen LogP contribution < -0.4 is 5.32 Å². The Kier molecular flexibility index (Phi) is 7.96. The van der Waals surface area contributed by atoms with Gasteiger partial charge in [0.25, 0.3) is 0 Å². The zero-order valence-electron chi connectivity index (χ0n) is 13.6. The fraction of sp³-hybridized carbons (Fsp3) is 1.00. The molecule has 1 aliphatic rings. The van der Waals surface area contributed by atoms with Crippen LogP contribution in [0.15, 0.2) is 0 Å². The van der Waals surface area contributed by atoms with E-state index in [1.54, 1.807) is 0 Å². The highest BCUT2D eigenvalue weighted by atomic mass is 16.5. The molecule has 0 radical (unpaired) electrons. The maximum Gasteiger partial charge on any atom is 0.0510 e. The predicted octanol–water partition coefficient (Wildman–Crippen LogP) is 2.62. The fourth-order valence-electron chi connectivity index (χ4n) is 3.05. The molecule has 0 aromatic heterocycles. The van der Waals surface area contributed by atoms with Gasteiger partial charge in [0, 0.05) is 38.2 Å². The van der Waals surface area contributed by atoms with Crippen LogP contribution in [-0.4, -0.2) is 50.3 Å². The third-order valence-corrected chi connectivity index (χ3v) is 3.70. The Morgan fingerprint density at radius 1 is 1.11 bits per heavy atom. The van der Waals surface area contributed by atoms with Crippen LogP contribution in [0.2, 0.25) is 0 Å². The Morgan fingerprint density at radius 2 is 1.74 bits per heavy atom. The Labute approximate surface area is 120 Å². The number of likely N-dealkylation sites (N-methyl/N-ethyl adjacent to an activating group) is 1. The minimum absolute atomic E-state index is 0.588. The highest BCUT2D eigenvalue weighted by Gasteiger charge is 2.27. The number of hydrogen-bond acceptors (Lipinski definition) is 3. The first kappa shape index (κ1) is 16.9. The summed E-state index contributed by atoms with van der Waals surface area (Å²) in [6.07, 6.45) is 1.22. The zero-order chi connectivity index (χ0) is 14.3. The van der Waals surface area contributed by atoms with Crippen LogP contribution in [0.25, 0.3) is 0 Å².